The van der Waals surface area contributed by atoms with Crippen molar-refractivity contribution in [2.45, 2.75) is 0 Å². The zero-order valence-corrected chi connectivity index (χ0v) is 23.8. The molecule has 0 atom stereocenters. The fourth-order valence-electron chi connectivity index (χ4n) is 2.96. The molecular weight excluding hydrogens is 509 g/mol. The van der Waals surface area contributed by atoms with Crippen molar-refractivity contribution in [3.63, 3.8) is 0 Å². The monoisotopic (exact) mass is 530 g/mol. The van der Waals surface area contributed by atoms with Crippen LogP contribution in [0.5, 0.6) is 23.1 Å². The minimum Gasteiger partial charge on any atom is -0.493 e. The van der Waals surface area contributed by atoms with Gasteiger partial charge >= 0.3 is 51.4 Å². The van der Waals surface area contributed by atoms with Gasteiger partial charge in [0.15, 0.2) is 23.1 Å². The standard InChI is InChI=1S/C24H21N5O5S.K/c1-32-18-11-6-7-12-19(18)34-20-21(29-35(30,31)16-13-17-9-4-3-5-10-17)27-23(28-24(20)33-2)22-25-14-8-15-26-22;/h3-16H,1-2H3,(H,27,28,29);/q;+1/b16-13+;. The topological polar surface area (TPSA) is 125 Å². The minimum atomic E-state index is -4.02. The van der Waals surface area contributed by atoms with Gasteiger partial charge in [0.05, 0.1) is 19.6 Å². The molecule has 178 valence electrons. The summed E-state index contributed by atoms with van der Waals surface area (Å²) < 4.78 is 45.0. The summed E-state index contributed by atoms with van der Waals surface area (Å²) in [6.45, 7) is 0. The molecule has 0 bridgehead atoms. The first kappa shape index (κ1) is 27.7. The fourth-order valence-corrected chi connectivity index (χ4v) is 3.77. The van der Waals surface area contributed by atoms with Gasteiger partial charge in [0.2, 0.25) is 11.6 Å². The molecule has 1 N–H and O–H groups in total. The summed E-state index contributed by atoms with van der Waals surface area (Å²) in [7, 11) is -1.15. The molecule has 0 radical (unpaired) electrons. The number of benzene rings is 2. The SMILES string of the molecule is COc1ccccc1Oc1c(NS(=O)(=O)/C=C/c2ccccc2)nc(-c2ncccn2)nc1OC.[K+]. The van der Waals surface area contributed by atoms with E-state index in [1.165, 1.54) is 32.7 Å². The van der Waals surface area contributed by atoms with Crippen LogP contribution in [0, 0.1) is 0 Å². The first-order valence-electron chi connectivity index (χ1n) is 10.3. The summed E-state index contributed by atoms with van der Waals surface area (Å²) in [6, 6.07) is 17.5. The molecule has 2 aromatic heterocycles. The number of hydrogen-bond acceptors (Lipinski definition) is 9. The third kappa shape index (κ3) is 7.09. The maximum absolute atomic E-state index is 12.9. The summed E-state index contributed by atoms with van der Waals surface area (Å²) in [5.74, 6) is 0.688. The molecule has 4 rings (SSSR count). The van der Waals surface area contributed by atoms with Gasteiger partial charge in [-0.3, -0.25) is 4.72 Å². The Morgan fingerprint density at radius 3 is 2.14 bits per heavy atom. The summed E-state index contributed by atoms with van der Waals surface area (Å²) >= 11 is 0. The van der Waals surface area contributed by atoms with Crippen LogP contribution in [0.25, 0.3) is 17.7 Å². The maximum Gasteiger partial charge on any atom is 1.00 e. The Morgan fingerprint density at radius 2 is 1.47 bits per heavy atom. The Morgan fingerprint density at radius 1 is 0.806 bits per heavy atom. The van der Waals surface area contributed by atoms with Crippen LogP contribution in [0.4, 0.5) is 5.82 Å². The van der Waals surface area contributed by atoms with E-state index in [1.807, 2.05) is 6.07 Å². The molecule has 0 aliphatic carbocycles. The van der Waals surface area contributed by atoms with Crippen LogP contribution < -0.4 is 70.3 Å². The zero-order valence-electron chi connectivity index (χ0n) is 19.8. The van der Waals surface area contributed by atoms with Crippen molar-refractivity contribution < 1.29 is 74.0 Å². The Balaban J connectivity index is 0.00000361. The Hall–Kier alpha value is -2.87. The van der Waals surface area contributed by atoms with Crippen molar-refractivity contribution in [3.05, 3.63) is 84.0 Å². The number of methoxy groups -OCH3 is 2. The van der Waals surface area contributed by atoms with Crippen LogP contribution in [0.3, 0.4) is 0 Å². The molecule has 2 heterocycles. The van der Waals surface area contributed by atoms with Gasteiger partial charge in [0.1, 0.15) is 0 Å². The van der Waals surface area contributed by atoms with Crippen LogP contribution in [-0.2, 0) is 10.0 Å². The Kier molecular flexibility index (Phi) is 9.93. The van der Waals surface area contributed by atoms with Crippen LogP contribution in [0.1, 0.15) is 5.56 Å². The maximum atomic E-state index is 12.9. The molecule has 12 heteroatoms. The van der Waals surface area contributed by atoms with Crippen LogP contribution in [0.15, 0.2) is 78.5 Å². The predicted octanol–water partition coefficient (Wildman–Crippen LogP) is 1.16. The van der Waals surface area contributed by atoms with Crippen molar-refractivity contribution >= 4 is 21.9 Å². The van der Waals surface area contributed by atoms with Gasteiger partial charge in [-0.1, -0.05) is 42.5 Å². The number of aromatic nitrogens is 4. The molecule has 0 unspecified atom stereocenters. The van der Waals surface area contributed by atoms with Crippen LogP contribution in [0.2, 0.25) is 0 Å². The van der Waals surface area contributed by atoms with Crippen molar-refractivity contribution in [1.29, 1.82) is 0 Å². The van der Waals surface area contributed by atoms with Gasteiger partial charge in [-0.05, 0) is 29.8 Å². The predicted molar refractivity (Wildman–Crippen MR) is 131 cm³/mol. The van der Waals surface area contributed by atoms with Gasteiger partial charge in [0, 0.05) is 12.4 Å². The van der Waals surface area contributed by atoms with Gasteiger partial charge in [-0.2, -0.15) is 4.98 Å². The van der Waals surface area contributed by atoms with Crippen molar-refractivity contribution in [3.8, 4) is 34.8 Å². The third-order valence-electron chi connectivity index (χ3n) is 4.55. The van der Waals surface area contributed by atoms with Crippen LogP contribution >= 0.6 is 0 Å². The zero-order chi connectivity index (χ0) is 24.7. The number of ether oxygens (including phenoxy) is 3. The number of para-hydroxylation sites is 2. The number of sulfonamides is 1. The second-order valence-corrected chi connectivity index (χ2v) is 8.49. The smallest absolute Gasteiger partial charge is 0.493 e. The Labute approximate surface area is 251 Å². The molecule has 0 spiro atoms. The van der Waals surface area contributed by atoms with Crippen molar-refractivity contribution in [2.24, 2.45) is 0 Å². The summed E-state index contributed by atoms with van der Waals surface area (Å²) in [5, 5.41) is 1.03. The molecule has 0 amide bonds. The normalized spacial score (nSPS) is 10.9. The fraction of sp³-hybridized carbons (Fsp3) is 0.0833. The second-order valence-electron chi connectivity index (χ2n) is 6.92. The molecule has 0 fully saturated rings. The molecule has 2 aromatic carbocycles. The number of hydrogen-bond donors (Lipinski definition) is 1. The van der Waals surface area contributed by atoms with E-state index in [2.05, 4.69) is 24.7 Å². The largest absolute Gasteiger partial charge is 1.00 e. The third-order valence-corrected chi connectivity index (χ3v) is 5.53. The molecule has 36 heavy (non-hydrogen) atoms. The summed E-state index contributed by atoms with van der Waals surface area (Å²) in [6.07, 6.45) is 4.50. The van der Waals surface area contributed by atoms with E-state index in [0.717, 1.165) is 5.41 Å². The first-order chi connectivity index (χ1) is 17.0. The van der Waals surface area contributed by atoms with Gasteiger partial charge < -0.3 is 14.2 Å². The number of nitrogens with one attached hydrogen (secondary N) is 1. The van der Waals surface area contributed by atoms with Gasteiger partial charge in [-0.15, -0.1) is 0 Å². The average Bonchev–Trinajstić information content (AvgIpc) is 2.89. The molecule has 0 aliphatic rings. The van der Waals surface area contributed by atoms with E-state index < -0.39 is 10.0 Å². The van der Waals surface area contributed by atoms with E-state index in [9.17, 15) is 8.42 Å². The van der Waals surface area contributed by atoms with E-state index in [0.29, 0.717) is 17.1 Å². The molecule has 10 nitrogen and oxygen atoms in total. The summed E-state index contributed by atoms with van der Waals surface area (Å²) in [4.78, 5) is 16.9. The number of rotatable bonds is 9. The molecular formula is C24H21KN5O5S+. The van der Waals surface area contributed by atoms with E-state index in [-0.39, 0.29) is 80.5 Å². The first-order valence-corrected chi connectivity index (χ1v) is 11.8. The van der Waals surface area contributed by atoms with Gasteiger partial charge in [-0.25, -0.2) is 23.4 Å². The molecule has 0 saturated carbocycles. The minimum absolute atomic E-state index is 0. The molecule has 0 aliphatic heterocycles. The molecule has 0 saturated heterocycles. The van der Waals surface area contributed by atoms with Crippen LogP contribution in [-0.4, -0.2) is 42.6 Å². The quantitative estimate of drug-likeness (QED) is 0.317. The van der Waals surface area contributed by atoms with E-state index in [4.69, 9.17) is 14.2 Å². The van der Waals surface area contributed by atoms with E-state index >= 15 is 0 Å². The second kappa shape index (κ2) is 12.9. The number of anilines is 1. The van der Waals surface area contributed by atoms with Gasteiger partial charge in [0.25, 0.3) is 15.9 Å². The average molecular weight is 531 g/mol. The number of nitrogens with zero attached hydrogens (tertiary/aromatic N) is 4. The van der Waals surface area contributed by atoms with Crippen molar-refractivity contribution in [1.82, 2.24) is 19.9 Å². The molecule has 4 aromatic rings. The van der Waals surface area contributed by atoms with Crippen molar-refractivity contribution in [2.75, 3.05) is 18.9 Å². The summed E-state index contributed by atoms with van der Waals surface area (Å²) in [5.41, 5.74) is 0.710. The van der Waals surface area contributed by atoms with E-state index in [1.54, 1.807) is 54.6 Å². The Bertz CT molecular complexity index is 1440.